The largest absolute Gasteiger partial charge is 0.346 e. The zero-order chi connectivity index (χ0) is 21.5. The normalized spacial score (nSPS) is 35.4. The van der Waals surface area contributed by atoms with Crippen LogP contribution < -0.4 is 16.1 Å². The topological polar surface area (TPSA) is 78.0 Å². The van der Waals surface area contributed by atoms with Crippen LogP contribution in [0.3, 0.4) is 0 Å². The molecule has 4 heterocycles. The Balaban J connectivity index is 1.21. The van der Waals surface area contributed by atoms with Crippen LogP contribution in [0.15, 0.2) is 0 Å². The van der Waals surface area contributed by atoms with Gasteiger partial charge >= 0.3 is 0 Å². The molecule has 4 aliphatic heterocycles. The number of nitrogens with one attached hydrogen (secondary N) is 1. The van der Waals surface area contributed by atoms with Gasteiger partial charge in [0.25, 0.3) is 0 Å². The molecule has 178 valence electrons. The van der Waals surface area contributed by atoms with Gasteiger partial charge in [0, 0.05) is 57.4 Å². The molecule has 0 aromatic heterocycles. The average molecular weight is 438 g/mol. The van der Waals surface area contributed by atoms with E-state index in [0.29, 0.717) is 36.1 Å². The lowest BCUT2D eigenvalue weighted by Gasteiger charge is -2.40. The van der Waals surface area contributed by atoms with E-state index in [4.69, 9.17) is 4.84 Å². The second-order valence-corrected chi connectivity index (χ2v) is 10.5. The molecule has 7 nitrogen and oxygen atoms in total. The van der Waals surface area contributed by atoms with Crippen LogP contribution in [0.4, 0.5) is 0 Å². The van der Waals surface area contributed by atoms with E-state index < -0.39 is 0 Å². The number of amides is 1. The van der Waals surface area contributed by atoms with Crippen molar-refractivity contribution in [1.82, 2.24) is 15.3 Å². The Morgan fingerprint density at radius 2 is 1.97 bits per heavy atom. The molecule has 0 aromatic rings. The van der Waals surface area contributed by atoms with Crippen molar-refractivity contribution >= 4 is 5.91 Å². The summed E-state index contributed by atoms with van der Waals surface area (Å²) in [5.74, 6) is 1.57. The fourth-order valence-corrected chi connectivity index (χ4v) is 6.29. The van der Waals surface area contributed by atoms with E-state index in [1.807, 2.05) is 0 Å². The van der Waals surface area contributed by atoms with Crippen molar-refractivity contribution in [1.29, 1.82) is 0 Å². The first-order chi connectivity index (χ1) is 15.2. The average Bonchev–Trinajstić information content (AvgIpc) is 3.27. The van der Waals surface area contributed by atoms with Crippen LogP contribution in [0, 0.1) is 11.8 Å². The maximum absolute atomic E-state index is 13.2. The molecule has 5 atom stereocenters. The number of hydroxylamine groups is 1. The molecule has 0 aliphatic carbocycles. The van der Waals surface area contributed by atoms with Crippen molar-refractivity contribution in [2.45, 2.75) is 89.4 Å². The highest BCUT2D eigenvalue weighted by Gasteiger charge is 2.36. The van der Waals surface area contributed by atoms with Crippen molar-refractivity contribution in [2.75, 3.05) is 45.8 Å². The molecule has 4 aliphatic rings. The van der Waals surface area contributed by atoms with Crippen LogP contribution in [0.5, 0.6) is 0 Å². The van der Waals surface area contributed by atoms with E-state index >= 15 is 0 Å². The number of quaternary nitrogens is 2. The minimum atomic E-state index is 0.385. The first kappa shape index (κ1) is 23.4. The van der Waals surface area contributed by atoms with Crippen LogP contribution in [0.1, 0.15) is 71.1 Å². The summed E-state index contributed by atoms with van der Waals surface area (Å²) in [6.07, 6.45) is 13.0. The molecule has 4 fully saturated rings. The number of carbonyl (C=O) groups is 1. The van der Waals surface area contributed by atoms with Gasteiger partial charge in [-0.25, -0.2) is 0 Å². The second kappa shape index (κ2) is 11.9. The second-order valence-electron chi connectivity index (χ2n) is 10.5. The molecule has 5 N–H and O–H groups in total. The Bertz CT molecular complexity index is 548. The first-order valence-corrected chi connectivity index (χ1v) is 13.3. The minimum absolute atomic E-state index is 0.385. The van der Waals surface area contributed by atoms with Gasteiger partial charge in [0.15, 0.2) is 0 Å². The maximum Gasteiger partial charge on any atom is 0.222 e. The summed E-state index contributed by atoms with van der Waals surface area (Å²) in [4.78, 5) is 23.8. The van der Waals surface area contributed by atoms with Crippen LogP contribution in [-0.2, 0) is 9.63 Å². The fourth-order valence-electron chi connectivity index (χ4n) is 6.29. The zero-order valence-electron chi connectivity index (χ0n) is 19.8. The molecule has 0 aromatic carbocycles. The lowest BCUT2D eigenvalue weighted by Crippen LogP contribution is -2.95. The highest BCUT2D eigenvalue weighted by atomic mass is 16.7. The van der Waals surface area contributed by atoms with Gasteiger partial charge in [0.2, 0.25) is 5.91 Å². The Morgan fingerprint density at radius 1 is 1.10 bits per heavy atom. The lowest BCUT2D eigenvalue weighted by atomic mass is 9.79. The maximum atomic E-state index is 13.2. The molecule has 1 amide bonds. The van der Waals surface area contributed by atoms with E-state index in [-0.39, 0.29) is 0 Å². The Morgan fingerprint density at radius 3 is 2.74 bits per heavy atom. The minimum Gasteiger partial charge on any atom is -0.346 e. The monoisotopic (exact) mass is 437 g/mol. The third kappa shape index (κ3) is 6.64. The molecule has 0 bridgehead atoms. The summed E-state index contributed by atoms with van der Waals surface area (Å²) in [6, 6.07) is 0.464. The molecular weight excluding hydrogens is 390 g/mol. The van der Waals surface area contributed by atoms with Gasteiger partial charge in [0.1, 0.15) is 6.17 Å². The lowest BCUT2D eigenvalue weighted by molar-refractivity contribution is -0.717. The molecule has 31 heavy (non-hydrogen) atoms. The summed E-state index contributed by atoms with van der Waals surface area (Å²) in [7, 11) is 0. The van der Waals surface area contributed by atoms with Crippen LogP contribution in [-0.4, -0.2) is 79.8 Å². The molecular formula is C24H47N5O2+2. The van der Waals surface area contributed by atoms with Gasteiger partial charge in [-0.3, -0.25) is 14.5 Å². The van der Waals surface area contributed by atoms with E-state index in [1.165, 1.54) is 64.6 Å². The van der Waals surface area contributed by atoms with Gasteiger partial charge in [-0.05, 0) is 38.0 Å². The third-order valence-electron chi connectivity index (χ3n) is 8.26. The third-order valence-corrected chi connectivity index (χ3v) is 8.26. The summed E-state index contributed by atoms with van der Waals surface area (Å²) in [5, 5.41) is 4.97. The Hall–Kier alpha value is -0.730. The van der Waals surface area contributed by atoms with Gasteiger partial charge in [-0.1, -0.05) is 19.8 Å². The van der Waals surface area contributed by atoms with Gasteiger partial charge in [-0.2, -0.15) is 5.48 Å². The Kier molecular flexibility index (Phi) is 9.02. The molecule has 7 heteroatoms. The van der Waals surface area contributed by atoms with Crippen molar-refractivity contribution in [3.05, 3.63) is 0 Å². The number of carbonyl (C=O) groups excluding carboxylic acids is 1. The number of piperidine rings is 2. The molecule has 0 radical (unpaired) electrons. The number of nitrogens with two attached hydrogens (primary N) is 2. The van der Waals surface area contributed by atoms with E-state index in [1.54, 1.807) is 0 Å². The highest BCUT2D eigenvalue weighted by Crippen LogP contribution is 2.29. The number of unbranched alkanes of at least 4 members (excludes halogenated alkanes) is 1. The van der Waals surface area contributed by atoms with Crippen LogP contribution in [0.2, 0.25) is 0 Å². The molecule has 4 saturated heterocycles. The van der Waals surface area contributed by atoms with Crippen molar-refractivity contribution < 1.29 is 20.3 Å². The summed E-state index contributed by atoms with van der Waals surface area (Å²) < 4.78 is 0. The van der Waals surface area contributed by atoms with Gasteiger partial charge in [0.05, 0.1) is 25.7 Å². The first-order valence-electron chi connectivity index (χ1n) is 13.3. The quantitative estimate of drug-likeness (QED) is 0.501. The highest BCUT2D eigenvalue weighted by molar-refractivity contribution is 5.76. The van der Waals surface area contributed by atoms with Crippen molar-refractivity contribution in [2.24, 2.45) is 11.8 Å². The predicted molar refractivity (Wildman–Crippen MR) is 121 cm³/mol. The molecule has 4 rings (SSSR count). The van der Waals surface area contributed by atoms with Gasteiger partial charge < -0.3 is 15.5 Å². The van der Waals surface area contributed by atoms with Crippen LogP contribution in [0.25, 0.3) is 0 Å². The smallest absolute Gasteiger partial charge is 0.222 e. The molecule has 0 spiro atoms. The number of nitrogens with zero attached hydrogens (tertiary/aromatic N) is 2. The number of hydrogen-bond donors (Lipinski definition) is 3. The van der Waals surface area contributed by atoms with Crippen LogP contribution >= 0.6 is 0 Å². The van der Waals surface area contributed by atoms with E-state index in [0.717, 1.165) is 45.4 Å². The van der Waals surface area contributed by atoms with Gasteiger partial charge in [-0.15, -0.1) is 0 Å². The predicted octanol–water partition coefficient (Wildman–Crippen LogP) is 0.0360. The van der Waals surface area contributed by atoms with E-state index in [2.05, 4.69) is 32.8 Å². The SMILES string of the molecule is CCCCC1CC(C[C@@H]2C[NH2+]CC[C@H]2CC(=O)N2CCN(C3CCCC[NH2+]3)CC2)NO1. The number of hydrogen-bond acceptors (Lipinski definition) is 4. The van der Waals surface area contributed by atoms with E-state index in [9.17, 15) is 4.79 Å². The molecule has 0 saturated carbocycles. The standard InChI is InChI=1S/C24H45N5O2/c1-2-3-6-22-17-21(27-31-22)15-20-18-25-10-8-19(20)16-24(30)29-13-11-28(12-14-29)23-7-4-5-9-26-23/h19-23,25-27H,2-18H2,1H3/p+2/t19-,20+,21?,22?,23?/m0/s1. The van der Waals surface area contributed by atoms with Crippen molar-refractivity contribution in [3.63, 3.8) is 0 Å². The number of piperazine rings is 1. The number of rotatable bonds is 8. The Labute approximate surface area is 189 Å². The summed E-state index contributed by atoms with van der Waals surface area (Å²) in [6.45, 7) is 9.80. The summed E-state index contributed by atoms with van der Waals surface area (Å²) in [5.41, 5.74) is 3.32. The van der Waals surface area contributed by atoms with Crippen molar-refractivity contribution in [3.8, 4) is 0 Å². The fraction of sp³-hybridized carbons (Fsp3) is 0.958. The summed E-state index contributed by atoms with van der Waals surface area (Å²) >= 11 is 0. The molecule has 3 unspecified atom stereocenters. The zero-order valence-corrected chi connectivity index (χ0v) is 19.8.